The summed E-state index contributed by atoms with van der Waals surface area (Å²) in [5, 5.41) is 5.65. The molecule has 0 spiro atoms. The van der Waals surface area contributed by atoms with E-state index < -0.39 is 11.9 Å². The summed E-state index contributed by atoms with van der Waals surface area (Å²) in [5.41, 5.74) is 1.04. The highest BCUT2D eigenvalue weighted by atomic mass is 127. The van der Waals surface area contributed by atoms with Crippen LogP contribution in [0.3, 0.4) is 0 Å². The first-order chi connectivity index (χ1) is 9.56. The summed E-state index contributed by atoms with van der Waals surface area (Å²) in [6.07, 6.45) is 0. The Morgan fingerprint density at radius 3 is 2.65 bits per heavy atom. The molecule has 0 aliphatic rings. The summed E-state index contributed by atoms with van der Waals surface area (Å²) < 4.78 is 14.5. The maximum absolute atomic E-state index is 13.5. The van der Waals surface area contributed by atoms with E-state index in [0.29, 0.717) is 0 Å². The molecule has 2 N–H and O–H groups in total. The van der Waals surface area contributed by atoms with Crippen molar-refractivity contribution in [1.29, 1.82) is 0 Å². The molecule has 5 heteroatoms. The van der Waals surface area contributed by atoms with Crippen LogP contribution in [0.1, 0.15) is 6.92 Å². The molecule has 2 rings (SSSR count). The summed E-state index contributed by atoms with van der Waals surface area (Å²) in [4.78, 5) is 12.0. The Balaban J connectivity index is 2.01. The number of benzene rings is 2. The number of hydrogen-bond acceptors (Lipinski definition) is 2. The van der Waals surface area contributed by atoms with E-state index in [1.807, 2.05) is 24.3 Å². The molecule has 0 bridgehead atoms. The predicted molar refractivity (Wildman–Crippen MR) is 87.3 cm³/mol. The Morgan fingerprint density at radius 2 is 1.95 bits per heavy atom. The van der Waals surface area contributed by atoms with E-state index in [4.69, 9.17) is 0 Å². The second-order valence-corrected chi connectivity index (χ2v) is 5.59. The van der Waals surface area contributed by atoms with Gasteiger partial charge in [0.2, 0.25) is 5.91 Å². The molecule has 20 heavy (non-hydrogen) atoms. The lowest BCUT2D eigenvalue weighted by molar-refractivity contribution is -0.116. The Bertz CT molecular complexity index is 618. The Labute approximate surface area is 130 Å². The molecule has 0 heterocycles. The van der Waals surface area contributed by atoms with Gasteiger partial charge in [-0.1, -0.05) is 18.2 Å². The average molecular weight is 384 g/mol. The Morgan fingerprint density at radius 1 is 1.20 bits per heavy atom. The molecule has 2 aromatic rings. The monoisotopic (exact) mass is 384 g/mol. The van der Waals surface area contributed by atoms with Crippen molar-refractivity contribution in [3.63, 3.8) is 0 Å². The molecule has 3 nitrogen and oxygen atoms in total. The van der Waals surface area contributed by atoms with Crippen LogP contribution in [0.15, 0.2) is 48.5 Å². The zero-order valence-corrected chi connectivity index (χ0v) is 13.0. The molecule has 104 valence electrons. The van der Waals surface area contributed by atoms with Gasteiger partial charge in [-0.25, -0.2) is 4.39 Å². The molecule has 0 radical (unpaired) electrons. The van der Waals surface area contributed by atoms with Crippen LogP contribution in [0.4, 0.5) is 15.8 Å². The average Bonchev–Trinajstić information content (AvgIpc) is 2.41. The molecule has 1 amide bonds. The predicted octanol–water partition coefficient (Wildman–Crippen LogP) is 3.87. The molecule has 2 aromatic carbocycles. The minimum atomic E-state index is -0.465. The van der Waals surface area contributed by atoms with Crippen molar-refractivity contribution in [2.75, 3.05) is 10.6 Å². The maximum Gasteiger partial charge on any atom is 0.246 e. The molecule has 0 aromatic heterocycles. The number of halogens is 2. The van der Waals surface area contributed by atoms with Crippen LogP contribution in [-0.2, 0) is 4.79 Å². The number of nitrogens with one attached hydrogen (secondary N) is 2. The number of hydrogen-bond donors (Lipinski definition) is 2. The summed E-state index contributed by atoms with van der Waals surface area (Å²) in [6, 6.07) is 13.3. The molecule has 0 unspecified atom stereocenters. The van der Waals surface area contributed by atoms with Crippen molar-refractivity contribution in [1.82, 2.24) is 0 Å². The number of amides is 1. The lowest BCUT2D eigenvalue weighted by Gasteiger charge is -2.15. The van der Waals surface area contributed by atoms with Gasteiger partial charge in [0.1, 0.15) is 11.9 Å². The van der Waals surface area contributed by atoms with Crippen molar-refractivity contribution in [3.8, 4) is 0 Å². The molecular formula is C15H14FIN2O. The van der Waals surface area contributed by atoms with Gasteiger partial charge in [0.05, 0.1) is 5.69 Å². The summed E-state index contributed by atoms with van der Waals surface area (Å²) >= 11 is 2.20. The SMILES string of the molecule is C[C@H](Nc1cccc(I)c1)C(=O)Nc1ccccc1F. The molecule has 1 atom stereocenters. The van der Waals surface area contributed by atoms with Gasteiger partial charge in [0, 0.05) is 9.26 Å². The van der Waals surface area contributed by atoms with Gasteiger partial charge < -0.3 is 10.6 Å². The molecule has 0 saturated carbocycles. The molecule has 0 fully saturated rings. The fourth-order valence-electron chi connectivity index (χ4n) is 1.70. The smallest absolute Gasteiger partial charge is 0.246 e. The van der Waals surface area contributed by atoms with Crippen LogP contribution in [0.5, 0.6) is 0 Å². The van der Waals surface area contributed by atoms with Crippen molar-refractivity contribution >= 4 is 39.9 Å². The quantitative estimate of drug-likeness (QED) is 0.786. The van der Waals surface area contributed by atoms with Crippen LogP contribution < -0.4 is 10.6 Å². The van der Waals surface area contributed by atoms with Crippen LogP contribution in [0, 0.1) is 9.39 Å². The maximum atomic E-state index is 13.5. The lowest BCUT2D eigenvalue weighted by atomic mass is 10.2. The van der Waals surface area contributed by atoms with Crippen LogP contribution in [0.25, 0.3) is 0 Å². The zero-order valence-electron chi connectivity index (χ0n) is 10.9. The number of rotatable bonds is 4. The summed E-state index contributed by atoms with van der Waals surface area (Å²) in [5.74, 6) is -0.726. The highest BCUT2D eigenvalue weighted by molar-refractivity contribution is 14.1. The highest BCUT2D eigenvalue weighted by Crippen LogP contribution is 2.15. The van der Waals surface area contributed by atoms with Gasteiger partial charge in [0.25, 0.3) is 0 Å². The van der Waals surface area contributed by atoms with E-state index in [2.05, 4.69) is 33.2 Å². The second kappa shape index (κ2) is 6.69. The zero-order chi connectivity index (χ0) is 14.5. The molecule has 0 saturated heterocycles. The first kappa shape index (κ1) is 14.8. The summed E-state index contributed by atoms with van der Waals surface area (Å²) in [7, 11) is 0. The van der Waals surface area contributed by atoms with E-state index in [1.165, 1.54) is 12.1 Å². The van der Waals surface area contributed by atoms with E-state index in [-0.39, 0.29) is 11.6 Å². The normalized spacial score (nSPS) is 11.8. The van der Waals surface area contributed by atoms with Crippen molar-refractivity contribution < 1.29 is 9.18 Å². The van der Waals surface area contributed by atoms with E-state index in [9.17, 15) is 9.18 Å². The minimum absolute atomic E-state index is 0.189. The third-order valence-electron chi connectivity index (χ3n) is 2.73. The van der Waals surface area contributed by atoms with Crippen LogP contribution in [-0.4, -0.2) is 11.9 Å². The van der Waals surface area contributed by atoms with E-state index in [0.717, 1.165) is 9.26 Å². The first-order valence-corrected chi connectivity index (χ1v) is 7.21. The third kappa shape index (κ3) is 3.93. The molecular weight excluding hydrogens is 370 g/mol. The second-order valence-electron chi connectivity index (χ2n) is 4.35. The third-order valence-corrected chi connectivity index (χ3v) is 3.40. The van der Waals surface area contributed by atoms with E-state index in [1.54, 1.807) is 19.1 Å². The highest BCUT2D eigenvalue weighted by Gasteiger charge is 2.14. The number of carbonyl (C=O) groups excluding carboxylic acids is 1. The molecule has 0 aliphatic carbocycles. The van der Waals surface area contributed by atoms with Gasteiger partial charge >= 0.3 is 0 Å². The molecule has 0 aliphatic heterocycles. The van der Waals surface area contributed by atoms with Gasteiger partial charge in [-0.05, 0) is 59.8 Å². The van der Waals surface area contributed by atoms with E-state index >= 15 is 0 Å². The number of para-hydroxylation sites is 1. The summed E-state index contributed by atoms with van der Waals surface area (Å²) in [6.45, 7) is 1.73. The fraction of sp³-hybridized carbons (Fsp3) is 0.133. The lowest BCUT2D eigenvalue weighted by Crippen LogP contribution is -2.32. The fourth-order valence-corrected chi connectivity index (χ4v) is 2.24. The van der Waals surface area contributed by atoms with Crippen molar-refractivity contribution in [3.05, 3.63) is 57.9 Å². The van der Waals surface area contributed by atoms with Gasteiger partial charge in [-0.3, -0.25) is 4.79 Å². The number of anilines is 2. The van der Waals surface area contributed by atoms with Gasteiger partial charge in [-0.2, -0.15) is 0 Å². The largest absolute Gasteiger partial charge is 0.374 e. The Kier molecular flexibility index (Phi) is 4.94. The number of carbonyl (C=O) groups is 1. The van der Waals surface area contributed by atoms with Crippen LogP contribution >= 0.6 is 22.6 Å². The topological polar surface area (TPSA) is 41.1 Å². The Hall–Kier alpha value is -1.63. The minimum Gasteiger partial charge on any atom is -0.374 e. The first-order valence-electron chi connectivity index (χ1n) is 6.14. The van der Waals surface area contributed by atoms with Crippen molar-refractivity contribution in [2.24, 2.45) is 0 Å². The van der Waals surface area contributed by atoms with Gasteiger partial charge in [0.15, 0.2) is 0 Å². The van der Waals surface area contributed by atoms with Gasteiger partial charge in [-0.15, -0.1) is 0 Å². The van der Waals surface area contributed by atoms with Crippen molar-refractivity contribution in [2.45, 2.75) is 13.0 Å². The standard InChI is InChI=1S/C15H14FIN2O/c1-10(18-12-6-4-5-11(17)9-12)15(20)19-14-8-3-2-7-13(14)16/h2-10,18H,1H3,(H,19,20)/t10-/m0/s1. The van der Waals surface area contributed by atoms with Crippen LogP contribution in [0.2, 0.25) is 0 Å².